The van der Waals surface area contributed by atoms with Crippen molar-refractivity contribution in [2.45, 2.75) is 33.1 Å². The van der Waals surface area contributed by atoms with Gasteiger partial charge in [-0.25, -0.2) is 4.98 Å². The predicted octanol–water partition coefficient (Wildman–Crippen LogP) is 3.47. The van der Waals surface area contributed by atoms with Gasteiger partial charge in [-0.2, -0.15) is 4.98 Å². The summed E-state index contributed by atoms with van der Waals surface area (Å²) in [5, 5.41) is 0. The number of ether oxygens (including phenoxy) is 2. The summed E-state index contributed by atoms with van der Waals surface area (Å²) in [4.78, 5) is 7.96. The third-order valence-corrected chi connectivity index (χ3v) is 3.25. The Morgan fingerprint density at radius 3 is 2.43 bits per heavy atom. The van der Waals surface area contributed by atoms with Crippen LogP contribution in [0.5, 0.6) is 17.4 Å². The SMILES string of the molecule is COc1c(N)ncnc1Oc1ccc(C(C)(C)C)cc1C. The van der Waals surface area contributed by atoms with E-state index in [1.165, 1.54) is 19.0 Å². The van der Waals surface area contributed by atoms with Gasteiger partial charge in [0.15, 0.2) is 5.82 Å². The number of aryl methyl sites for hydroxylation is 1. The molecule has 0 atom stereocenters. The minimum absolute atomic E-state index is 0.0975. The normalized spacial score (nSPS) is 11.3. The van der Waals surface area contributed by atoms with Crippen molar-refractivity contribution in [2.24, 2.45) is 0 Å². The molecular weight excluding hydrogens is 266 g/mol. The number of methoxy groups -OCH3 is 1. The summed E-state index contributed by atoms with van der Waals surface area (Å²) >= 11 is 0. The molecule has 5 heteroatoms. The first-order chi connectivity index (χ1) is 9.82. The first kappa shape index (κ1) is 15.1. The fourth-order valence-corrected chi connectivity index (χ4v) is 1.97. The van der Waals surface area contributed by atoms with E-state index in [0.29, 0.717) is 11.6 Å². The molecule has 0 amide bonds. The van der Waals surface area contributed by atoms with Gasteiger partial charge in [-0.15, -0.1) is 0 Å². The molecule has 112 valence electrons. The Balaban J connectivity index is 2.35. The van der Waals surface area contributed by atoms with Crippen molar-refractivity contribution in [2.75, 3.05) is 12.8 Å². The predicted molar refractivity (Wildman–Crippen MR) is 82.9 cm³/mol. The zero-order chi connectivity index (χ0) is 15.6. The third-order valence-electron chi connectivity index (χ3n) is 3.25. The Labute approximate surface area is 125 Å². The van der Waals surface area contributed by atoms with Gasteiger partial charge >= 0.3 is 0 Å². The molecule has 0 fully saturated rings. The highest BCUT2D eigenvalue weighted by atomic mass is 16.5. The van der Waals surface area contributed by atoms with Crippen LogP contribution in [-0.4, -0.2) is 17.1 Å². The number of benzene rings is 1. The van der Waals surface area contributed by atoms with Crippen LogP contribution in [0.25, 0.3) is 0 Å². The van der Waals surface area contributed by atoms with Crippen molar-refractivity contribution in [1.29, 1.82) is 0 Å². The second-order valence-corrected chi connectivity index (χ2v) is 5.93. The zero-order valence-corrected chi connectivity index (χ0v) is 13.1. The molecule has 2 rings (SSSR count). The van der Waals surface area contributed by atoms with Gasteiger partial charge in [0.2, 0.25) is 5.75 Å². The van der Waals surface area contributed by atoms with Gasteiger partial charge in [-0.1, -0.05) is 32.9 Å². The maximum absolute atomic E-state index is 5.82. The number of nitrogens with zero attached hydrogens (tertiary/aromatic N) is 2. The molecule has 21 heavy (non-hydrogen) atoms. The minimum Gasteiger partial charge on any atom is -0.489 e. The van der Waals surface area contributed by atoms with Crippen molar-refractivity contribution in [3.05, 3.63) is 35.7 Å². The molecule has 0 aliphatic carbocycles. The lowest BCUT2D eigenvalue weighted by molar-refractivity contribution is 0.368. The molecule has 0 unspecified atom stereocenters. The molecule has 0 radical (unpaired) electrons. The van der Waals surface area contributed by atoms with E-state index in [4.69, 9.17) is 15.2 Å². The molecule has 0 aliphatic rings. The van der Waals surface area contributed by atoms with Crippen LogP contribution in [-0.2, 0) is 5.41 Å². The van der Waals surface area contributed by atoms with Crippen molar-refractivity contribution in [3.63, 3.8) is 0 Å². The summed E-state index contributed by atoms with van der Waals surface area (Å²) in [5.41, 5.74) is 8.13. The number of nitrogen functional groups attached to an aromatic ring is 1. The van der Waals surface area contributed by atoms with E-state index in [9.17, 15) is 0 Å². The molecule has 0 saturated carbocycles. The Morgan fingerprint density at radius 1 is 1.14 bits per heavy atom. The van der Waals surface area contributed by atoms with Gasteiger partial charge in [0, 0.05) is 0 Å². The van der Waals surface area contributed by atoms with E-state index in [-0.39, 0.29) is 11.2 Å². The van der Waals surface area contributed by atoms with Crippen LogP contribution in [0, 0.1) is 6.92 Å². The Kier molecular flexibility index (Phi) is 4.02. The second-order valence-electron chi connectivity index (χ2n) is 5.93. The number of anilines is 1. The second kappa shape index (κ2) is 5.60. The highest BCUT2D eigenvalue weighted by Gasteiger charge is 2.17. The van der Waals surface area contributed by atoms with E-state index in [1.54, 1.807) is 0 Å². The molecule has 0 bridgehead atoms. The van der Waals surface area contributed by atoms with Crippen molar-refractivity contribution in [3.8, 4) is 17.4 Å². The summed E-state index contributed by atoms with van der Waals surface area (Å²) < 4.78 is 11.0. The van der Waals surface area contributed by atoms with E-state index in [1.807, 2.05) is 13.0 Å². The van der Waals surface area contributed by atoms with Gasteiger partial charge in [0.05, 0.1) is 7.11 Å². The topological polar surface area (TPSA) is 70.3 Å². The molecule has 0 aliphatic heterocycles. The van der Waals surface area contributed by atoms with Crippen LogP contribution in [0.2, 0.25) is 0 Å². The quantitative estimate of drug-likeness (QED) is 0.936. The summed E-state index contributed by atoms with van der Waals surface area (Å²) in [6.45, 7) is 8.53. The number of hydrogen-bond donors (Lipinski definition) is 1. The molecule has 0 saturated heterocycles. The number of aromatic nitrogens is 2. The molecule has 2 aromatic rings. The van der Waals surface area contributed by atoms with Crippen molar-refractivity contribution < 1.29 is 9.47 Å². The van der Waals surface area contributed by atoms with E-state index in [0.717, 1.165) is 11.3 Å². The molecule has 0 spiro atoms. The molecule has 2 N–H and O–H groups in total. The molecule has 1 aromatic heterocycles. The van der Waals surface area contributed by atoms with E-state index < -0.39 is 0 Å². The third kappa shape index (κ3) is 3.24. The highest BCUT2D eigenvalue weighted by molar-refractivity contribution is 5.53. The van der Waals surface area contributed by atoms with Gasteiger partial charge in [0.1, 0.15) is 12.1 Å². The fourth-order valence-electron chi connectivity index (χ4n) is 1.97. The van der Waals surface area contributed by atoms with Crippen LogP contribution >= 0.6 is 0 Å². The lowest BCUT2D eigenvalue weighted by Crippen LogP contribution is -2.11. The fraction of sp³-hybridized carbons (Fsp3) is 0.375. The van der Waals surface area contributed by atoms with Crippen LogP contribution < -0.4 is 15.2 Å². The summed E-state index contributed by atoms with van der Waals surface area (Å²) in [7, 11) is 1.51. The van der Waals surface area contributed by atoms with Gasteiger partial charge in [-0.05, 0) is 29.5 Å². The summed E-state index contributed by atoms with van der Waals surface area (Å²) in [6, 6.07) is 6.11. The zero-order valence-electron chi connectivity index (χ0n) is 13.1. The van der Waals surface area contributed by atoms with Crippen LogP contribution in [0.15, 0.2) is 24.5 Å². The largest absolute Gasteiger partial charge is 0.489 e. The van der Waals surface area contributed by atoms with Crippen molar-refractivity contribution >= 4 is 5.82 Å². The Hall–Kier alpha value is -2.30. The molecule has 1 heterocycles. The van der Waals surface area contributed by atoms with Crippen LogP contribution in [0.4, 0.5) is 5.82 Å². The minimum atomic E-state index is 0.0975. The van der Waals surface area contributed by atoms with E-state index >= 15 is 0 Å². The molecule has 1 aromatic carbocycles. The monoisotopic (exact) mass is 287 g/mol. The summed E-state index contributed by atoms with van der Waals surface area (Å²) in [5.74, 6) is 1.64. The number of nitrogens with two attached hydrogens (primary N) is 1. The summed E-state index contributed by atoms with van der Waals surface area (Å²) in [6.07, 6.45) is 1.35. The lowest BCUT2D eigenvalue weighted by atomic mass is 9.86. The standard InChI is InChI=1S/C16H21N3O2/c1-10-8-11(16(2,3)4)6-7-12(10)21-15-13(20-5)14(17)18-9-19-15/h6-9H,1-5H3,(H2,17,18,19). The average Bonchev–Trinajstić information content (AvgIpc) is 2.40. The van der Waals surface area contributed by atoms with E-state index in [2.05, 4.69) is 42.9 Å². The average molecular weight is 287 g/mol. The van der Waals surface area contributed by atoms with Crippen molar-refractivity contribution in [1.82, 2.24) is 9.97 Å². The van der Waals surface area contributed by atoms with Gasteiger partial charge < -0.3 is 15.2 Å². The first-order valence-corrected chi connectivity index (χ1v) is 6.76. The smallest absolute Gasteiger partial charge is 0.268 e. The lowest BCUT2D eigenvalue weighted by Gasteiger charge is -2.20. The first-order valence-electron chi connectivity index (χ1n) is 6.76. The molecular formula is C16H21N3O2. The van der Waals surface area contributed by atoms with Crippen LogP contribution in [0.3, 0.4) is 0 Å². The maximum atomic E-state index is 5.82. The number of hydrogen-bond acceptors (Lipinski definition) is 5. The van der Waals surface area contributed by atoms with Gasteiger partial charge in [-0.3, -0.25) is 0 Å². The Morgan fingerprint density at radius 2 is 1.86 bits per heavy atom. The van der Waals surface area contributed by atoms with Gasteiger partial charge in [0.25, 0.3) is 5.88 Å². The Bertz CT molecular complexity index is 648. The maximum Gasteiger partial charge on any atom is 0.268 e. The molecule has 5 nitrogen and oxygen atoms in total. The highest BCUT2D eigenvalue weighted by Crippen LogP contribution is 2.35. The number of rotatable bonds is 3. The van der Waals surface area contributed by atoms with Crippen LogP contribution in [0.1, 0.15) is 31.9 Å².